The maximum atomic E-state index is 8.03. The number of hydrogen-bond donors (Lipinski definition) is 0. The van der Waals surface area contributed by atoms with Gasteiger partial charge < -0.3 is 0 Å². The van der Waals surface area contributed by atoms with Gasteiger partial charge in [-0.05, 0) is 0 Å². The number of rotatable bonds is 6. The van der Waals surface area contributed by atoms with Crippen LogP contribution in [0.15, 0.2) is 127 Å². The Morgan fingerprint density at radius 2 is 0.847 bits per heavy atom. The Morgan fingerprint density at radius 3 is 1.25 bits per heavy atom. The first-order chi connectivity index (χ1) is 29.2. The van der Waals surface area contributed by atoms with E-state index in [1.807, 2.05) is 0 Å². The zero-order chi connectivity index (χ0) is 38.4. The maximum absolute atomic E-state index is 8.03. The van der Waals surface area contributed by atoms with Gasteiger partial charge in [-0.1, -0.05) is 0 Å². The molecule has 2 aromatic heterocycles. The number of fused-ring (bicyclic) bond motifs is 18. The number of hydrogen-bond acceptors (Lipinski definition) is 8. The molecule has 4 aliphatic heterocycles. The average Bonchev–Trinajstić information content (AvgIpc) is 4.17. The van der Waals surface area contributed by atoms with Crippen LogP contribution >= 0.6 is 0 Å². The van der Waals surface area contributed by atoms with E-state index >= 15 is 0 Å². The van der Waals surface area contributed by atoms with Crippen LogP contribution in [0.5, 0.6) is 0 Å². The van der Waals surface area contributed by atoms with Crippen molar-refractivity contribution in [1.82, 2.24) is 7.05 Å². The van der Waals surface area contributed by atoms with Crippen LogP contribution in [-0.2, 0) is 7.53 Å². The molecule has 6 aromatic rings. The second-order valence-electron chi connectivity index (χ2n) is 18.2. The van der Waals surface area contributed by atoms with Crippen molar-refractivity contribution in [2.24, 2.45) is 65.5 Å². The minimum atomic E-state index is -4.93. The van der Waals surface area contributed by atoms with Gasteiger partial charge in [0, 0.05) is 0 Å². The Hall–Kier alpha value is -5.30. The fraction of sp³-hybridized carbons (Fsp3) is 0.333. The second-order valence-corrected chi connectivity index (χ2v) is 23.5. The molecule has 11 heteroatoms. The van der Waals surface area contributed by atoms with Gasteiger partial charge in [-0.25, -0.2) is 0 Å². The van der Waals surface area contributed by atoms with Crippen molar-refractivity contribution in [3.63, 3.8) is 0 Å². The summed E-state index contributed by atoms with van der Waals surface area (Å²) in [5.74, 6) is 7.86. The van der Waals surface area contributed by atoms with E-state index < -0.39 is 14.4 Å². The van der Waals surface area contributed by atoms with Gasteiger partial charge >= 0.3 is 346 Å². The first kappa shape index (κ1) is 33.5. The summed E-state index contributed by atoms with van der Waals surface area (Å²) in [5.41, 5.74) is 5.33. The molecule has 0 saturated heterocycles. The van der Waals surface area contributed by atoms with Crippen LogP contribution in [0.4, 0.5) is 11.6 Å². The molecule has 4 saturated carbocycles. The van der Waals surface area contributed by atoms with Crippen LogP contribution in [0.3, 0.4) is 0 Å². The van der Waals surface area contributed by atoms with Crippen molar-refractivity contribution in [3.8, 4) is 0 Å². The molecule has 10 bridgehead atoms. The monoisotopic (exact) mass is 836 g/mol. The summed E-state index contributed by atoms with van der Waals surface area (Å²) in [6, 6.07) is 33.8. The fourth-order valence-corrected chi connectivity index (χ4v) is 19.5. The molecular formula is C48H42GeN8O2. The van der Waals surface area contributed by atoms with Gasteiger partial charge in [0.05, 0.1) is 0 Å². The summed E-state index contributed by atoms with van der Waals surface area (Å²) in [7, 11) is 0. The van der Waals surface area contributed by atoms with Gasteiger partial charge in [0.2, 0.25) is 0 Å². The first-order valence-corrected chi connectivity index (χ1v) is 25.3. The molecule has 14 rings (SSSR count). The molecule has 59 heavy (non-hydrogen) atoms. The zero-order valence-electron chi connectivity index (χ0n) is 32.7. The number of benzene rings is 4. The molecule has 290 valence electrons. The number of aliphatic imine (C=N–C) groups is 4. The third kappa shape index (κ3) is 4.76. The quantitative estimate of drug-likeness (QED) is 0.158. The molecule has 0 N–H and O–H groups in total. The molecule has 4 fully saturated rings. The van der Waals surface area contributed by atoms with Crippen molar-refractivity contribution in [1.29, 1.82) is 0 Å². The summed E-state index contributed by atoms with van der Waals surface area (Å²) in [6.07, 6.45) is 10.2. The van der Waals surface area contributed by atoms with Crippen molar-refractivity contribution in [2.75, 3.05) is 13.2 Å². The molecule has 6 atom stereocenters. The van der Waals surface area contributed by atoms with E-state index in [0.717, 1.165) is 78.2 Å². The summed E-state index contributed by atoms with van der Waals surface area (Å²) in [6.45, 7) is 1.21. The van der Waals surface area contributed by atoms with Gasteiger partial charge in [0.15, 0.2) is 0 Å². The van der Waals surface area contributed by atoms with Crippen molar-refractivity contribution in [2.45, 2.75) is 51.4 Å². The van der Waals surface area contributed by atoms with Gasteiger partial charge in [0.25, 0.3) is 0 Å². The molecule has 6 heterocycles. The van der Waals surface area contributed by atoms with E-state index in [1.165, 1.54) is 51.4 Å². The van der Waals surface area contributed by atoms with Crippen LogP contribution in [-0.4, -0.2) is 58.0 Å². The third-order valence-electron chi connectivity index (χ3n) is 15.1. The molecule has 4 aliphatic carbocycles. The van der Waals surface area contributed by atoms with Crippen molar-refractivity contribution < 1.29 is 7.53 Å². The van der Waals surface area contributed by atoms with E-state index in [0.29, 0.717) is 60.2 Å². The van der Waals surface area contributed by atoms with E-state index in [1.54, 1.807) is 0 Å². The summed E-state index contributed by atoms with van der Waals surface area (Å²) < 4.78 is 20.7. The van der Waals surface area contributed by atoms with Gasteiger partial charge in [0.1, 0.15) is 0 Å². The number of aromatic nitrogens is 2. The minimum absolute atomic E-state index is 0.459. The summed E-state index contributed by atoms with van der Waals surface area (Å²) >= 11 is -4.93. The Kier molecular flexibility index (Phi) is 7.03. The SMILES string of the molecule is c1ccc2c(c1)C1=NC2=Nc2c3ccccc3c3[n]2[Ge]([O]CC2CC4CCC2C4)([O]CC2CC4CCC2C4)[n]2c(c4ccccc4c2=NC2=NC(=N3)c3ccccc32)=N1. The Balaban J connectivity index is 1.17. The van der Waals surface area contributed by atoms with Gasteiger partial charge in [-0.15, -0.1) is 0 Å². The number of nitrogens with zero attached hydrogens (tertiary/aromatic N) is 8. The molecule has 10 nitrogen and oxygen atoms in total. The van der Waals surface area contributed by atoms with E-state index in [4.69, 9.17) is 37.5 Å². The predicted molar refractivity (Wildman–Crippen MR) is 231 cm³/mol. The van der Waals surface area contributed by atoms with Crippen LogP contribution < -0.4 is 11.0 Å². The molecule has 8 aliphatic rings. The van der Waals surface area contributed by atoms with Crippen LogP contribution in [0.1, 0.15) is 73.6 Å². The fourth-order valence-electron chi connectivity index (χ4n) is 12.3. The topological polar surface area (TPSA) is 102 Å². The Bertz CT molecular complexity index is 2900. The number of amidine groups is 4. The summed E-state index contributed by atoms with van der Waals surface area (Å²) in [5, 5.41) is 3.91. The van der Waals surface area contributed by atoms with Crippen molar-refractivity contribution in [3.05, 3.63) is 130 Å². The Labute approximate surface area is 344 Å². The molecule has 4 aromatic carbocycles. The molecular weight excluding hydrogens is 793 g/mol. The van der Waals surface area contributed by atoms with Gasteiger partial charge in [-0.2, -0.15) is 0 Å². The van der Waals surface area contributed by atoms with Crippen LogP contribution in [0.2, 0.25) is 0 Å². The van der Waals surface area contributed by atoms with E-state index in [2.05, 4.69) is 104 Å². The third-order valence-corrected chi connectivity index (χ3v) is 21.5. The zero-order valence-corrected chi connectivity index (χ0v) is 34.8. The molecule has 6 unspecified atom stereocenters. The van der Waals surface area contributed by atoms with Crippen molar-refractivity contribution >= 4 is 70.9 Å². The predicted octanol–water partition coefficient (Wildman–Crippen LogP) is 8.28. The second kappa shape index (κ2) is 12.4. The Morgan fingerprint density at radius 1 is 0.441 bits per heavy atom. The molecule has 0 amide bonds. The molecule has 0 spiro atoms. The normalized spacial score (nSPS) is 28.8. The average molecular weight is 836 g/mol. The van der Waals surface area contributed by atoms with E-state index in [9.17, 15) is 0 Å². The summed E-state index contributed by atoms with van der Waals surface area (Å²) in [4.78, 5) is 33.1. The standard InChI is InChI=1S/C48H42GeN8O2/c1-2-10-34-33(9-1)41-50-42(34)53-46-39-15-7-8-16-40(39)48-55-44-36-12-4-3-11-35(36)43(51-44)54-47-38-14-6-5-13-37(38)45(52-41)56(47)49(57(46)48,58-25-31-23-27-17-19-29(31)21-27)59-26-32-24-28-18-20-30(32)22-28/h1-16,27-32H,17-26H2. The van der Waals surface area contributed by atoms with Crippen LogP contribution in [0.25, 0.3) is 21.5 Å². The van der Waals surface area contributed by atoms with Gasteiger partial charge in [-0.3, -0.25) is 0 Å². The molecule has 0 radical (unpaired) electrons. The van der Waals surface area contributed by atoms with E-state index in [-0.39, 0.29) is 0 Å². The first-order valence-electron chi connectivity index (χ1n) is 21.7. The van der Waals surface area contributed by atoms with Crippen LogP contribution in [0, 0.1) is 35.5 Å².